The summed E-state index contributed by atoms with van der Waals surface area (Å²) in [7, 11) is 0. The number of benzene rings is 1. The molecule has 0 aliphatic carbocycles. The van der Waals surface area contributed by atoms with Gasteiger partial charge in [-0.2, -0.15) is 0 Å². The molecule has 0 bridgehead atoms. The number of hydrogen-bond acceptors (Lipinski definition) is 2. The molecule has 1 saturated heterocycles. The zero-order valence-corrected chi connectivity index (χ0v) is 8.67. The number of halogens is 2. The Labute approximate surface area is 88.4 Å². The van der Waals surface area contributed by atoms with E-state index >= 15 is 0 Å². The van der Waals surface area contributed by atoms with Gasteiger partial charge in [-0.1, -0.05) is 22.0 Å². The highest BCUT2D eigenvalue weighted by Crippen LogP contribution is 2.25. The monoisotopic (exact) mass is 259 g/mol. The lowest BCUT2D eigenvalue weighted by atomic mass is 10.1. The number of amides is 1. The third kappa shape index (κ3) is 1.72. The van der Waals surface area contributed by atoms with Crippen molar-refractivity contribution in [2.45, 2.75) is 6.10 Å². The maximum atomic E-state index is 13.4. The van der Waals surface area contributed by atoms with Gasteiger partial charge < -0.3 is 10.1 Å². The van der Waals surface area contributed by atoms with Crippen molar-refractivity contribution in [3.05, 3.63) is 34.1 Å². The Morgan fingerprint density at radius 1 is 1.57 bits per heavy atom. The Bertz CT molecular complexity index is 383. The van der Waals surface area contributed by atoms with E-state index in [4.69, 9.17) is 4.74 Å². The molecule has 1 amide bonds. The minimum Gasteiger partial charge on any atom is -0.439 e. The Hall–Kier alpha value is -1.10. The molecule has 2 rings (SSSR count). The van der Waals surface area contributed by atoms with Crippen LogP contribution < -0.4 is 5.32 Å². The van der Waals surface area contributed by atoms with Crippen molar-refractivity contribution in [3.8, 4) is 0 Å². The summed E-state index contributed by atoms with van der Waals surface area (Å²) in [5.74, 6) is -0.374. The third-order valence-electron chi connectivity index (χ3n) is 1.99. The number of hydrogen-bond donors (Lipinski definition) is 1. The smallest absolute Gasteiger partial charge is 0.407 e. The van der Waals surface area contributed by atoms with E-state index in [0.29, 0.717) is 16.6 Å². The van der Waals surface area contributed by atoms with Crippen LogP contribution in [0.15, 0.2) is 22.7 Å². The van der Waals surface area contributed by atoms with Gasteiger partial charge in [-0.15, -0.1) is 0 Å². The van der Waals surface area contributed by atoms with E-state index in [-0.39, 0.29) is 5.82 Å². The largest absolute Gasteiger partial charge is 0.439 e. The highest BCUT2D eigenvalue weighted by molar-refractivity contribution is 9.10. The number of alkyl carbamates (subject to hydrolysis) is 1. The summed E-state index contributed by atoms with van der Waals surface area (Å²) < 4.78 is 18.9. The molecule has 5 heteroatoms. The standard InChI is InChI=1S/C9H7BrFNO2/c10-5-1-2-6(7(11)3-5)8-4-12-9(13)14-8/h1-3,8H,4H2,(H,12,13). The lowest BCUT2D eigenvalue weighted by molar-refractivity contribution is 0.139. The van der Waals surface area contributed by atoms with Crippen LogP contribution in [-0.4, -0.2) is 12.6 Å². The zero-order chi connectivity index (χ0) is 10.1. The van der Waals surface area contributed by atoms with Gasteiger partial charge in [-0.25, -0.2) is 9.18 Å². The molecule has 74 valence electrons. The molecule has 3 nitrogen and oxygen atoms in total. The minimum absolute atomic E-state index is 0.317. The van der Waals surface area contributed by atoms with E-state index in [0.717, 1.165) is 0 Å². The van der Waals surface area contributed by atoms with Crippen molar-refractivity contribution in [1.82, 2.24) is 5.32 Å². The van der Waals surface area contributed by atoms with Crippen LogP contribution in [0.25, 0.3) is 0 Å². The molecule has 1 heterocycles. The van der Waals surface area contributed by atoms with E-state index in [2.05, 4.69) is 21.2 Å². The molecule has 0 spiro atoms. The predicted octanol–water partition coefficient (Wildman–Crippen LogP) is 2.37. The Morgan fingerprint density at radius 2 is 2.36 bits per heavy atom. The highest BCUT2D eigenvalue weighted by Gasteiger charge is 2.26. The van der Waals surface area contributed by atoms with Crippen molar-refractivity contribution < 1.29 is 13.9 Å². The van der Waals surface area contributed by atoms with Gasteiger partial charge in [0.05, 0.1) is 6.54 Å². The predicted molar refractivity (Wildman–Crippen MR) is 51.3 cm³/mol. The number of cyclic esters (lactones) is 1. The average Bonchev–Trinajstić information content (AvgIpc) is 2.51. The van der Waals surface area contributed by atoms with Crippen molar-refractivity contribution in [2.24, 2.45) is 0 Å². The maximum Gasteiger partial charge on any atom is 0.407 e. The van der Waals surface area contributed by atoms with E-state index < -0.39 is 12.2 Å². The fraction of sp³-hybridized carbons (Fsp3) is 0.222. The summed E-state index contributed by atoms with van der Waals surface area (Å²) in [5, 5.41) is 2.47. The van der Waals surface area contributed by atoms with Crippen LogP contribution in [0.4, 0.5) is 9.18 Å². The molecule has 1 fully saturated rings. The van der Waals surface area contributed by atoms with Gasteiger partial charge >= 0.3 is 6.09 Å². The van der Waals surface area contributed by atoms with Crippen molar-refractivity contribution in [2.75, 3.05) is 6.54 Å². The van der Waals surface area contributed by atoms with Gasteiger partial charge in [0.2, 0.25) is 0 Å². The van der Waals surface area contributed by atoms with Crippen LogP contribution >= 0.6 is 15.9 Å². The van der Waals surface area contributed by atoms with Gasteiger partial charge in [-0.3, -0.25) is 0 Å². The number of rotatable bonds is 1. The molecule has 1 unspecified atom stereocenters. The lowest BCUT2D eigenvalue weighted by Crippen LogP contribution is -2.12. The Balaban J connectivity index is 2.28. The number of nitrogens with one attached hydrogen (secondary N) is 1. The molecule has 14 heavy (non-hydrogen) atoms. The second-order valence-corrected chi connectivity index (χ2v) is 3.86. The second kappa shape index (κ2) is 3.57. The molecule has 1 N–H and O–H groups in total. The first-order chi connectivity index (χ1) is 6.66. The van der Waals surface area contributed by atoms with Gasteiger partial charge in [-0.05, 0) is 12.1 Å². The second-order valence-electron chi connectivity index (χ2n) is 2.94. The fourth-order valence-corrected chi connectivity index (χ4v) is 1.66. The molecule has 0 saturated carbocycles. The van der Waals surface area contributed by atoms with Crippen molar-refractivity contribution in [1.29, 1.82) is 0 Å². The Morgan fingerprint density at radius 3 is 2.93 bits per heavy atom. The topological polar surface area (TPSA) is 38.3 Å². The first-order valence-electron chi connectivity index (χ1n) is 4.06. The van der Waals surface area contributed by atoms with Crippen molar-refractivity contribution in [3.63, 3.8) is 0 Å². The zero-order valence-electron chi connectivity index (χ0n) is 7.09. The summed E-state index contributed by atoms with van der Waals surface area (Å²) in [5.41, 5.74) is 0.395. The van der Waals surface area contributed by atoms with Gasteiger partial charge in [0.25, 0.3) is 0 Å². The van der Waals surface area contributed by atoms with E-state index in [9.17, 15) is 9.18 Å². The summed E-state index contributed by atoms with van der Waals surface area (Å²) >= 11 is 3.15. The summed E-state index contributed by atoms with van der Waals surface area (Å²) in [4.78, 5) is 10.7. The van der Waals surface area contributed by atoms with Crippen LogP contribution in [0.2, 0.25) is 0 Å². The van der Waals surface area contributed by atoms with Gasteiger partial charge in [0.15, 0.2) is 0 Å². The third-order valence-corrected chi connectivity index (χ3v) is 2.48. The first-order valence-corrected chi connectivity index (χ1v) is 4.85. The number of carbonyl (C=O) groups excluding carboxylic acids is 1. The molecule has 0 radical (unpaired) electrons. The summed E-state index contributed by atoms with van der Waals surface area (Å²) in [6, 6.07) is 4.66. The van der Waals surface area contributed by atoms with Gasteiger partial charge in [0, 0.05) is 10.0 Å². The lowest BCUT2D eigenvalue weighted by Gasteiger charge is -2.08. The Kier molecular flexibility index (Phi) is 2.41. The molecule has 1 aromatic carbocycles. The molecule has 0 aromatic heterocycles. The van der Waals surface area contributed by atoms with Crippen LogP contribution in [-0.2, 0) is 4.74 Å². The van der Waals surface area contributed by atoms with Crippen molar-refractivity contribution >= 4 is 22.0 Å². The SMILES string of the molecule is O=C1NCC(c2ccc(Br)cc2F)O1. The van der Waals surface area contributed by atoms with Crippen LogP contribution in [0.1, 0.15) is 11.7 Å². The first kappa shape index (κ1) is 9.45. The van der Waals surface area contributed by atoms with Crippen LogP contribution in [0.5, 0.6) is 0 Å². The van der Waals surface area contributed by atoms with E-state index in [1.165, 1.54) is 6.07 Å². The quantitative estimate of drug-likeness (QED) is 0.841. The van der Waals surface area contributed by atoms with E-state index in [1.807, 2.05) is 0 Å². The number of ether oxygens (including phenoxy) is 1. The van der Waals surface area contributed by atoms with E-state index in [1.54, 1.807) is 12.1 Å². The van der Waals surface area contributed by atoms with Crippen LogP contribution in [0, 0.1) is 5.82 Å². The maximum absolute atomic E-state index is 13.4. The molecule has 1 aromatic rings. The van der Waals surface area contributed by atoms with Gasteiger partial charge in [0.1, 0.15) is 11.9 Å². The molecular weight excluding hydrogens is 253 g/mol. The highest BCUT2D eigenvalue weighted by atomic mass is 79.9. The average molecular weight is 260 g/mol. The molecule has 1 aliphatic rings. The normalized spacial score (nSPS) is 20.4. The van der Waals surface area contributed by atoms with Crippen LogP contribution in [0.3, 0.4) is 0 Å². The fourth-order valence-electron chi connectivity index (χ4n) is 1.32. The summed E-state index contributed by atoms with van der Waals surface area (Å²) in [6.07, 6.45) is -1.02. The molecule has 1 aliphatic heterocycles. The molecular formula is C9H7BrFNO2. The minimum atomic E-state index is -0.518. The molecule has 1 atom stereocenters. The summed E-state index contributed by atoms with van der Waals surface area (Å²) in [6.45, 7) is 0.317. The number of carbonyl (C=O) groups is 1.